The minimum atomic E-state index is -0.555. The molecule has 7 nitrogen and oxygen atoms in total. The molecule has 1 spiro atoms. The van der Waals surface area contributed by atoms with Gasteiger partial charge in [-0.3, -0.25) is 4.79 Å². The van der Waals surface area contributed by atoms with Crippen molar-refractivity contribution in [1.82, 2.24) is 15.1 Å². The molecule has 2 amide bonds. The highest BCUT2D eigenvalue weighted by Crippen LogP contribution is 2.44. The van der Waals surface area contributed by atoms with Crippen LogP contribution >= 0.6 is 0 Å². The van der Waals surface area contributed by atoms with Crippen molar-refractivity contribution in [1.29, 1.82) is 5.26 Å². The zero-order valence-corrected chi connectivity index (χ0v) is 20.8. The van der Waals surface area contributed by atoms with Gasteiger partial charge in [0, 0.05) is 19.6 Å². The lowest BCUT2D eigenvalue weighted by atomic mass is 9.67. The topological polar surface area (TPSA) is 85.7 Å². The van der Waals surface area contributed by atoms with Crippen LogP contribution in [0.5, 0.6) is 0 Å². The third kappa shape index (κ3) is 4.79. The van der Waals surface area contributed by atoms with Crippen LogP contribution < -0.4 is 5.32 Å². The highest BCUT2D eigenvalue weighted by atomic mass is 16.5. The number of rotatable bonds is 5. The Morgan fingerprint density at radius 3 is 2.56 bits per heavy atom. The van der Waals surface area contributed by atoms with Crippen LogP contribution in [0.4, 0.5) is 4.79 Å². The molecule has 0 radical (unpaired) electrons. The Balaban J connectivity index is 1.50. The van der Waals surface area contributed by atoms with Crippen molar-refractivity contribution >= 4 is 12.0 Å². The van der Waals surface area contributed by atoms with Crippen molar-refractivity contribution < 1.29 is 14.3 Å². The molecule has 1 aromatic carbocycles. The summed E-state index contributed by atoms with van der Waals surface area (Å²) in [5.41, 5.74) is 2.19. The molecule has 184 valence electrons. The van der Waals surface area contributed by atoms with Gasteiger partial charge in [-0.1, -0.05) is 19.9 Å². The largest absolute Gasteiger partial charge is 0.448 e. The first-order valence-electron chi connectivity index (χ1n) is 12.8. The predicted octanol–water partition coefficient (Wildman–Crippen LogP) is 3.80. The summed E-state index contributed by atoms with van der Waals surface area (Å²) >= 11 is 0. The summed E-state index contributed by atoms with van der Waals surface area (Å²) in [4.78, 5) is 29.8. The zero-order valence-electron chi connectivity index (χ0n) is 20.8. The highest BCUT2D eigenvalue weighted by Gasteiger charge is 2.49. The van der Waals surface area contributed by atoms with Gasteiger partial charge in [-0.05, 0) is 86.7 Å². The smallest absolute Gasteiger partial charge is 0.406 e. The van der Waals surface area contributed by atoms with E-state index in [2.05, 4.69) is 30.1 Å². The highest BCUT2D eigenvalue weighted by molar-refractivity contribution is 5.90. The van der Waals surface area contributed by atoms with E-state index in [1.807, 2.05) is 23.1 Å². The molecule has 4 rings (SSSR count). The predicted molar refractivity (Wildman–Crippen MR) is 130 cm³/mol. The van der Waals surface area contributed by atoms with Gasteiger partial charge in [0.25, 0.3) is 0 Å². The summed E-state index contributed by atoms with van der Waals surface area (Å²) in [5.74, 6) is 1.74. The van der Waals surface area contributed by atoms with E-state index in [9.17, 15) is 14.9 Å². The van der Waals surface area contributed by atoms with Crippen molar-refractivity contribution in [2.45, 2.75) is 70.4 Å². The maximum Gasteiger partial charge on any atom is 0.406 e. The maximum atomic E-state index is 13.9. The molecule has 0 bridgehead atoms. The number of hydrogen-bond donors (Lipinski definition) is 1. The zero-order chi connectivity index (χ0) is 24.3. The first-order valence-corrected chi connectivity index (χ1v) is 12.8. The van der Waals surface area contributed by atoms with Crippen LogP contribution in [0.1, 0.15) is 69.1 Å². The molecule has 3 aliphatic rings. The van der Waals surface area contributed by atoms with Gasteiger partial charge < -0.3 is 19.9 Å². The molecule has 2 aliphatic heterocycles. The maximum absolute atomic E-state index is 13.9. The van der Waals surface area contributed by atoms with Crippen molar-refractivity contribution in [2.75, 3.05) is 33.3 Å². The van der Waals surface area contributed by atoms with Crippen molar-refractivity contribution in [3.8, 4) is 6.07 Å². The van der Waals surface area contributed by atoms with Crippen LogP contribution in [-0.4, -0.2) is 61.1 Å². The lowest BCUT2D eigenvalue weighted by molar-refractivity contribution is -0.142. The fourth-order valence-corrected chi connectivity index (χ4v) is 6.35. The number of piperidine rings is 1. The van der Waals surface area contributed by atoms with E-state index in [1.165, 1.54) is 32.7 Å². The second-order valence-electron chi connectivity index (χ2n) is 10.5. The molecular formula is C27H38N4O3. The monoisotopic (exact) mass is 466 g/mol. The SMILES string of the molecule is CNC(=O)OCCN1Cc2cc(C#N)ccc2C2(CCN([C@H]3CC[C@@H](C(C)C)CC3)CC2)C1=O. The van der Waals surface area contributed by atoms with Gasteiger partial charge in [0.1, 0.15) is 6.61 Å². The molecule has 1 saturated heterocycles. The Kier molecular flexibility index (Phi) is 7.47. The summed E-state index contributed by atoms with van der Waals surface area (Å²) in [7, 11) is 1.52. The second kappa shape index (κ2) is 10.4. The molecular weight excluding hydrogens is 428 g/mol. The first kappa shape index (κ1) is 24.5. The Morgan fingerprint density at radius 2 is 1.94 bits per heavy atom. The fourth-order valence-electron chi connectivity index (χ4n) is 6.35. The van der Waals surface area contributed by atoms with E-state index >= 15 is 0 Å². The standard InChI is InChI=1S/C27H38N4O3/c1-19(2)21-5-7-23(8-6-21)30-12-10-27(11-13-30)24-9-4-20(17-28)16-22(24)18-31(25(27)32)14-15-34-26(33)29-3/h4,9,16,19,21,23H,5-8,10-15,18H2,1-3H3,(H,29,33)/t21-,23+. The summed E-state index contributed by atoms with van der Waals surface area (Å²) in [6.07, 6.45) is 6.23. The number of nitrogens with zero attached hydrogens (tertiary/aromatic N) is 3. The lowest BCUT2D eigenvalue weighted by Gasteiger charge is -2.49. The molecule has 1 N–H and O–H groups in total. The van der Waals surface area contributed by atoms with Gasteiger partial charge in [-0.2, -0.15) is 5.26 Å². The Hall–Kier alpha value is -2.59. The number of fused-ring (bicyclic) bond motifs is 2. The van der Waals surface area contributed by atoms with Crippen molar-refractivity contribution in [3.63, 3.8) is 0 Å². The molecule has 1 saturated carbocycles. The van der Waals surface area contributed by atoms with Crippen LogP contribution in [0.25, 0.3) is 0 Å². The van der Waals surface area contributed by atoms with Crippen LogP contribution in [0.15, 0.2) is 18.2 Å². The number of alkyl carbamates (subject to hydrolysis) is 1. The van der Waals surface area contributed by atoms with Gasteiger partial charge in [0.2, 0.25) is 5.91 Å². The third-order valence-corrected chi connectivity index (χ3v) is 8.46. The number of ether oxygens (including phenoxy) is 1. The minimum absolute atomic E-state index is 0.133. The molecule has 0 unspecified atom stereocenters. The molecule has 34 heavy (non-hydrogen) atoms. The van der Waals surface area contributed by atoms with Crippen LogP contribution in [-0.2, 0) is 21.5 Å². The second-order valence-corrected chi connectivity index (χ2v) is 10.5. The number of carbonyl (C=O) groups excluding carboxylic acids is 2. The molecule has 2 heterocycles. The van der Waals surface area contributed by atoms with E-state index in [1.54, 1.807) is 0 Å². The number of carbonyl (C=O) groups is 2. The quantitative estimate of drug-likeness (QED) is 0.713. The fraction of sp³-hybridized carbons (Fsp3) is 0.667. The summed E-state index contributed by atoms with van der Waals surface area (Å²) in [6.45, 7) is 7.48. The van der Waals surface area contributed by atoms with E-state index in [-0.39, 0.29) is 12.5 Å². The molecule has 1 aliphatic carbocycles. The molecule has 7 heteroatoms. The minimum Gasteiger partial charge on any atom is -0.448 e. The first-order chi connectivity index (χ1) is 16.4. The number of nitrogens with one attached hydrogen (secondary N) is 1. The molecule has 2 fully saturated rings. The summed E-state index contributed by atoms with van der Waals surface area (Å²) < 4.78 is 5.17. The molecule has 1 aromatic rings. The van der Waals surface area contributed by atoms with Gasteiger partial charge in [0.15, 0.2) is 0 Å². The van der Waals surface area contributed by atoms with Gasteiger partial charge in [-0.15, -0.1) is 0 Å². The van der Waals surface area contributed by atoms with E-state index in [0.717, 1.165) is 48.9 Å². The van der Waals surface area contributed by atoms with Crippen molar-refractivity contribution in [3.05, 3.63) is 34.9 Å². The average Bonchev–Trinajstić information content (AvgIpc) is 2.87. The molecule has 0 atom stereocenters. The normalized spacial score (nSPS) is 24.6. The van der Waals surface area contributed by atoms with E-state index < -0.39 is 11.5 Å². The lowest BCUT2D eigenvalue weighted by Crippen LogP contribution is -2.57. The van der Waals surface area contributed by atoms with Gasteiger partial charge in [0.05, 0.1) is 23.6 Å². The summed E-state index contributed by atoms with van der Waals surface area (Å²) in [5, 5.41) is 11.9. The Morgan fingerprint density at radius 1 is 1.24 bits per heavy atom. The van der Waals surface area contributed by atoms with Crippen molar-refractivity contribution in [2.24, 2.45) is 11.8 Å². The number of amides is 2. The Labute approximate surface area is 203 Å². The van der Waals surface area contributed by atoms with Gasteiger partial charge >= 0.3 is 6.09 Å². The van der Waals surface area contributed by atoms with Gasteiger partial charge in [-0.25, -0.2) is 4.79 Å². The number of benzene rings is 1. The third-order valence-electron chi connectivity index (χ3n) is 8.46. The number of hydrogen-bond acceptors (Lipinski definition) is 5. The Bertz CT molecular complexity index is 938. The van der Waals surface area contributed by atoms with E-state index in [0.29, 0.717) is 24.7 Å². The average molecular weight is 467 g/mol. The number of likely N-dealkylation sites (tertiary alicyclic amines) is 1. The molecule has 0 aromatic heterocycles. The summed E-state index contributed by atoms with van der Waals surface area (Å²) in [6, 6.07) is 8.64. The van der Waals surface area contributed by atoms with E-state index in [4.69, 9.17) is 4.74 Å². The van der Waals surface area contributed by atoms with Crippen LogP contribution in [0, 0.1) is 23.2 Å². The van der Waals surface area contributed by atoms with Crippen LogP contribution in [0.3, 0.4) is 0 Å². The van der Waals surface area contributed by atoms with Crippen LogP contribution in [0.2, 0.25) is 0 Å². The number of nitriles is 1.